The molecule has 0 saturated carbocycles. The first-order valence-corrected chi connectivity index (χ1v) is 7.08. The quantitative estimate of drug-likeness (QED) is 0.856. The summed E-state index contributed by atoms with van der Waals surface area (Å²) in [5.74, 6) is -0.0973. The molecule has 1 aromatic heterocycles. The minimum atomic E-state index is -0.0973. The van der Waals surface area contributed by atoms with Gasteiger partial charge in [-0.1, -0.05) is 23.7 Å². The van der Waals surface area contributed by atoms with Crippen molar-refractivity contribution in [2.45, 2.75) is 19.3 Å². The van der Waals surface area contributed by atoms with E-state index in [1.54, 1.807) is 20.2 Å². The Labute approximate surface area is 128 Å². The minimum absolute atomic E-state index is 0.0722. The van der Waals surface area contributed by atoms with Crippen molar-refractivity contribution in [1.29, 1.82) is 0 Å². The third kappa shape index (κ3) is 2.80. The maximum absolute atomic E-state index is 11.9. The van der Waals surface area contributed by atoms with Crippen molar-refractivity contribution in [3.8, 4) is 0 Å². The Hall–Kier alpha value is -1.85. The number of nitrogens with zero attached hydrogens (tertiary/aromatic N) is 3. The van der Waals surface area contributed by atoms with Crippen LogP contribution in [0.2, 0.25) is 5.02 Å². The van der Waals surface area contributed by atoms with Crippen molar-refractivity contribution >= 4 is 17.5 Å². The lowest BCUT2D eigenvalue weighted by atomic mass is 10.1. The van der Waals surface area contributed by atoms with Crippen molar-refractivity contribution < 1.29 is 9.53 Å². The second-order valence-electron chi connectivity index (χ2n) is 5.25. The van der Waals surface area contributed by atoms with Crippen LogP contribution in [-0.4, -0.2) is 34.7 Å². The van der Waals surface area contributed by atoms with Gasteiger partial charge in [0, 0.05) is 19.1 Å². The maximum Gasteiger partial charge on any atom is 0.273 e. The molecule has 5 nitrogen and oxygen atoms in total. The number of amides is 1. The molecule has 1 aliphatic heterocycles. The van der Waals surface area contributed by atoms with E-state index in [4.69, 9.17) is 16.3 Å². The van der Waals surface area contributed by atoms with Crippen molar-refractivity contribution in [1.82, 2.24) is 14.7 Å². The van der Waals surface area contributed by atoms with Crippen molar-refractivity contribution in [3.63, 3.8) is 0 Å². The second-order valence-corrected chi connectivity index (χ2v) is 5.69. The summed E-state index contributed by atoms with van der Waals surface area (Å²) in [6.45, 7) is 1.04. The van der Waals surface area contributed by atoms with Crippen molar-refractivity contribution in [3.05, 3.63) is 52.3 Å². The molecular formula is C15H16ClN3O2. The lowest BCUT2D eigenvalue weighted by Gasteiger charge is -2.24. The van der Waals surface area contributed by atoms with Gasteiger partial charge in [0.2, 0.25) is 0 Å². The Morgan fingerprint density at radius 3 is 2.76 bits per heavy atom. The van der Waals surface area contributed by atoms with E-state index in [1.165, 1.54) is 4.90 Å². The molecule has 3 rings (SSSR count). The zero-order chi connectivity index (χ0) is 15.0. The largest absolute Gasteiger partial charge is 0.365 e. The fourth-order valence-electron chi connectivity index (χ4n) is 2.34. The normalized spacial score (nSPS) is 17.4. The van der Waals surface area contributed by atoms with Crippen LogP contribution in [0.1, 0.15) is 27.8 Å². The van der Waals surface area contributed by atoms with Gasteiger partial charge in [0.15, 0.2) is 5.69 Å². The standard InChI is InChI=1S/C15H16ClN3O2/c1-18(2)15(20)13-7-12-9-21-14(8-19(12)17-13)10-3-5-11(16)6-4-10/h3-7,14H,8-9H2,1-2H3. The highest BCUT2D eigenvalue weighted by Gasteiger charge is 2.24. The van der Waals surface area contributed by atoms with E-state index in [2.05, 4.69) is 5.10 Å². The smallest absolute Gasteiger partial charge is 0.273 e. The summed E-state index contributed by atoms with van der Waals surface area (Å²) in [6.07, 6.45) is -0.0722. The number of hydrogen-bond donors (Lipinski definition) is 0. The average Bonchev–Trinajstić information content (AvgIpc) is 2.89. The van der Waals surface area contributed by atoms with Crippen LogP contribution in [0.5, 0.6) is 0 Å². The highest BCUT2D eigenvalue weighted by Crippen LogP contribution is 2.27. The van der Waals surface area contributed by atoms with Crippen LogP contribution in [-0.2, 0) is 17.9 Å². The Kier molecular flexibility index (Phi) is 3.69. The molecule has 110 valence electrons. The van der Waals surface area contributed by atoms with Crippen LogP contribution < -0.4 is 0 Å². The van der Waals surface area contributed by atoms with Crippen LogP contribution >= 0.6 is 11.6 Å². The third-order valence-corrected chi connectivity index (χ3v) is 3.75. The highest BCUT2D eigenvalue weighted by atomic mass is 35.5. The van der Waals surface area contributed by atoms with Gasteiger partial charge < -0.3 is 9.64 Å². The molecular weight excluding hydrogens is 290 g/mol. The Morgan fingerprint density at radius 2 is 2.10 bits per heavy atom. The molecule has 0 saturated heterocycles. The molecule has 0 bridgehead atoms. The van der Waals surface area contributed by atoms with E-state index in [9.17, 15) is 4.79 Å². The molecule has 1 amide bonds. The van der Waals surface area contributed by atoms with E-state index in [-0.39, 0.29) is 12.0 Å². The Morgan fingerprint density at radius 1 is 1.38 bits per heavy atom. The fraction of sp³-hybridized carbons (Fsp3) is 0.333. The number of hydrogen-bond acceptors (Lipinski definition) is 3. The molecule has 21 heavy (non-hydrogen) atoms. The number of carbonyl (C=O) groups excluding carboxylic acids is 1. The van der Waals surface area contributed by atoms with Crippen LogP contribution in [0.4, 0.5) is 0 Å². The van der Waals surface area contributed by atoms with Gasteiger partial charge in [-0.25, -0.2) is 0 Å². The molecule has 0 spiro atoms. The molecule has 2 aromatic rings. The van der Waals surface area contributed by atoms with E-state index in [0.29, 0.717) is 23.9 Å². The summed E-state index contributed by atoms with van der Waals surface area (Å²) in [5.41, 5.74) is 2.43. The molecule has 2 heterocycles. The molecule has 0 N–H and O–H groups in total. The van der Waals surface area contributed by atoms with Crippen molar-refractivity contribution in [2.24, 2.45) is 0 Å². The van der Waals surface area contributed by atoms with E-state index < -0.39 is 0 Å². The molecule has 0 fully saturated rings. The summed E-state index contributed by atoms with van der Waals surface area (Å²) in [4.78, 5) is 13.5. The zero-order valence-electron chi connectivity index (χ0n) is 11.9. The first kappa shape index (κ1) is 14.1. The monoisotopic (exact) mass is 305 g/mol. The molecule has 1 aromatic carbocycles. The lowest BCUT2D eigenvalue weighted by molar-refractivity contribution is -0.00120. The summed E-state index contributed by atoms with van der Waals surface area (Å²) in [5, 5.41) is 5.09. The molecule has 0 aliphatic carbocycles. The van der Waals surface area contributed by atoms with Gasteiger partial charge in [0.25, 0.3) is 5.91 Å². The van der Waals surface area contributed by atoms with Crippen LogP contribution in [0.25, 0.3) is 0 Å². The van der Waals surface area contributed by atoms with Crippen molar-refractivity contribution in [2.75, 3.05) is 14.1 Å². The number of carbonyl (C=O) groups is 1. The summed E-state index contributed by atoms with van der Waals surface area (Å²) in [7, 11) is 3.43. The topological polar surface area (TPSA) is 47.4 Å². The molecule has 0 radical (unpaired) electrons. The number of benzene rings is 1. The fourth-order valence-corrected chi connectivity index (χ4v) is 2.46. The van der Waals surface area contributed by atoms with Crippen LogP contribution in [0, 0.1) is 0 Å². The maximum atomic E-state index is 11.9. The van der Waals surface area contributed by atoms with E-state index in [1.807, 2.05) is 28.9 Å². The average molecular weight is 306 g/mol. The zero-order valence-corrected chi connectivity index (χ0v) is 12.7. The summed E-state index contributed by atoms with van der Waals surface area (Å²) < 4.78 is 7.70. The molecule has 1 aliphatic rings. The van der Waals surface area contributed by atoms with Gasteiger partial charge in [-0.15, -0.1) is 0 Å². The van der Waals surface area contributed by atoms with E-state index >= 15 is 0 Å². The van der Waals surface area contributed by atoms with Gasteiger partial charge in [0.05, 0.1) is 18.8 Å². The number of halogens is 1. The third-order valence-electron chi connectivity index (χ3n) is 3.50. The molecule has 1 unspecified atom stereocenters. The highest BCUT2D eigenvalue weighted by molar-refractivity contribution is 6.30. The van der Waals surface area contributed by atoms with Gasteiger partial charge in [-0.05, 0) is 23.8 Å². The minimum Gasteiger partial charge on any atom is -0.365 e. The van der Waals surface area contributed by atoms with Crippen LogP contribution in [0.15, 0.2) is 30.3 Å². The Balaban J connectivity index is 1.82. The Bertz CT molecular complexity index is 664. The van der Waals surface area contributed by atoms with Gasteiger partial charge in [-0.2, -0.15) is 5.10 Å². The number of rotatable bonds is 2. The lowest BCUT2D eigenvalue weighted by Crippen LogP contribution is -2.23. The molecule has 1 atom stereocenters. The first-order chi connectivity index (χ1) is 10.0. The SMILES string of the molecule is CN(C)C(=O)c1cc2n(n1)CC(c1ccc(Cl)cc1)OC2. The number of fused-ring (bicyclic) bond motifs is 1. The van der Waals surface area contributed by atoms with Gasteiger partial charge in [0.1, 0.15) is 6.10 Å². The first-order valence-electron chi connectivity index (χ1n) is 6.70. The number of aromatic nitrogens is 2. The number of ether oxygens (including phenoxy) is 1. The molecule has 6 heteroatoms. The predicted octanol–water partition coefficient (Wildman–Crippen LogP) is 2.51. The summed E-state index contributed by atoms with van der Waals surface area (Å²) in [6, 6.07) is 9.39. The van der Waals surface area contributed by atoms with Gasteiger partial charge >= 0.3 is 0 Å². The second kappa shape index (κ2) is 5.50. The van der Waals surface area contributed by atoms with Gasteiger partial charge in [-0.3, -0.25) is 9.48 Å². The predicted molar refractivity (Wildman–Crippen MR) is 79.2 cm³/mol. The van der Waals surface area contributed by atoms with E-state index in [0.717, 1.165) is 11.3 Å². The summed E-state index contributed by atoms with van der Waals surface area (Å²) >= 11 is 5.90. The van der Waals surface area contributed by atoms with Crippen LogP contribution in [0.3, 0.4) is 0 Å².